The average molecular weight is 1210 g/mol. The van der Waals surface area contributed by atoms with Crippen molar-refractivity contribution >= 4 is 81.3 Å². The Labute approximate surface area is 494 Å². The van der Waals surface area contributed by atoms with Crippen LogP contribution in [-0.2, 0) is 76.3 Å². The monoisotopic (exact) mass is 1210 g/mol. The van der Waals surface area contributed by atoms with E-state index < -0.39 is 141 Å². The molecular formula is C56H100N6O18S2. The summed E-state index contributed by atoms with van der Waals surface area (Å²) in [6, 6.07) is -8.11. The Kier molecular flexibility index (Phi) is 30.3. The lowest BCUT2D eigenvalue weighted by Gasteiger charge is -2.29. The van der Waals surface area contributed by atoms with Crippen molar-refractivity contribution in [3.63, 3.8) is 0 Å². The number of nitrogens with one attached hydrogen (secondary N) is 6. The minimum absolute atomic E-state index is 0.166. The molecule has 0 spiro atoms. The molecule has 0 bridgehead atoms. The van der Waals surface area contributed by atoms with E-state index in [1.807, 2.05) is 0 Å². The summed E-state index contributed by atoms with van der Waals surface area (Å²) < 4.78 is 44.8. The molecule has 0 aromatic heterocycles. The molecule has 24 nitrogen and oxygen atoms in total. The number of esters is 4. The first-order valence-electron chi connectivity index (χ1n) is 27.3. The maximum atomic E-state index is 14.2. The largest absolute Gasteiger partial charge is 0.458 e. The smallest absolute Gasteiger partial charge is 0.408 e. The highest BCUT2D eigenvalue weighted by Crippen LogP contribution is 2.26. The van der Waals surface area contributed by atoms with Crippen molar-refractivity contribution in [1.29, 1.82) is 0 Å². The standard InChI is InChI=1S/C56H100N6O18S2/c1-49(2,3)73-29-35(57-39(63)27-25-33(43(67)75-51(7,8)9)61-47(71)79-55(19,20)21)41(65)59-37(45(69)77-53(13,14)15)31-81-82-32-38(46(70)78-54(16,17)18)60-42(66)36(30-74-50(4,5)6)58-40(64)28-26-34(44(68)76-52(10,11)12)62-48(72)80-56(22,23)24/h33-38H,25-32H2,1-24H3,(H,57,63)(H,58,64)(H,59,65)(H,60,66)(H,61,71)(H,62,72)/t33-,34-,35-,36-,37-,38-/m0/s1. The summed E-state index contributed by atoms with van der Waals surface area (Å²) in [6.07, 6.45) is -3.08. The van der Waals surface area contributed by atoms with Gasteiger partial charge in [0.15, 0.2) is 0 Å². The molecule has 0 aliphatic heterocycles. The maximum absolute atomic E-state index is 14.2. The Bertz CT molecular complexity index is 2010. The first-order valence-corrected chi connectivity index (χ1v) is 29.8. The van der Waals surface area contributed by atoms with Gasteiger partial charge in [0.05, 0.1) is 24.4 Å². The summed E-state index contributed by atoms with van der Waals surface area (Å²) in [5.74, 6) is -6.73. The van der Waals surface area contributed by atoms with E-state index >= 15 is 0 Å². The molecule has 0 aromatic rings. The Morgan fingerprint density at radius 2 is 0.549 bits per heavy atom. The van der Waals surface area contributed by atoms with Crippen LogP contribution in [0.3, 0.4) is 0 Å². The third-order valence-electron chi connectivity index (χ3n) is 9.32. The summed E-state index contributed by atoms with van der Waals surface area (Å²) in [7, 11) is 2.07. The number of hydrogen-bond acceptors (Lipinski definition) is 20. The van der Waals surface area contributed by atoms with E-state index in [4.69, 9.17) is 37.9 Å². The molecule has 0 aromatic carbocycles. The number of carbonyl (C=O) groups excluding carboxylic acids is 10. The van der Waals surface area contributed by atoms with Gasteiger partial charge in [-0.05, 0) is 179 Å². The molecule has 6 atom stereocenters. The normalized spacial score (nSPS) is 14.9. The zero-order chi connectivity index (χ0) is 64.2. The zero-order valence-electron chi connectivity index (χ0n) is 53.3. The summed E-state index contributed by atoms with van der Waals surface area (Å²) in [5, 5.41) is 15.5. The molecule has 0 heterocycles. The van der Waals surface area contributed by atoms with E-state index in [2.05, 4.69) is 31.9 Å². The molecule has 82 heavy (non-hydrogen) atoms. The van der Waals surface area contributed by atoms with Gasteiger partial charge in [-0.25, -0.2) is 28.8 Å². The van der Waals surface area contributed by atoms with Crippen LogP contribution in [0.4, 0.5) is 9.59 Å². The van der Waals surface area contributed by atoms with Crippen LogP contribution in [0.15, 0.2) is 0 Å². The van der Waals surface area contributed by atoms with Gasteiger partial charge in [-0.3, -0.25) is 19.2 Å². The summed E-state index contributed by atoms with van der Waals surface area (Å²) >= 11 is 0. The van der Waals surface area contributed by atoms with Gasteiger partial charge in [0, 0.05) is 24.3 Å². The Morgan fingerprint density at radius 1 is 0.305 bits per heavy atom. The topological polar surface area (TPSA) is 317 Å². The van der Waals surface area contributed by atoms with Gasteiger partial charge in [0.25, 0.3) is 0 Å². The quantitative estimate of drug-likeness (QED) is 0.0217. The fourth-order valence-corrected chi connectivity index (χ4v) is 8.42. The highest BCUT2D eigenvalue weighted by Gasteiger charge is 2.36. The number of amides is 6. The molecule has 0 saturated carbocycles. The molecule has 0 aliphatic carbocycles. The van der Waals surface area contributed by atoms with E-state index in [0.717, 1.165) is 21.6 Å². The fourth-order valence-electron chi connectivity index (χ4n) is 6.12. The van der Waals surface area contributed by atoms with Gasteiger partial charge in [0.1, 0.15) is 69.9 Å². The lowest BCUT2D eigenvalue weighted by molar-refractivity contribution is -0.159. The van der Waals surface area contributed by atoms with E-state index in [1.165, 1.54) is 0 Å². The number of rotatable bonds is 27. The molecule has 26 heteroatoms. The highest BCUT2D eigenvalue weighted by atomic mass is 33.1. The zero-order valence-corrected chi connectivity index (χ0v) is 54.9. The molecule has 0 radical (unpaired) electrons. The molecule has 0 aliphatic rings. The van der Waals surface area contributed by atoms with Crippen LogP contribution in [0.2, 0.25) is 0 Å². The SMILES string of the molecule is CC(C)(C)OC[C@H](NC(=O)CC[C@H](NC(=O)OC(C)(C)C)C(=O)OC(C)(C)C)C(=O)N[C@@H](CSSC[C@H](NC(=O)[C@H](COC(C)(C)C)NC(=O)CC[C@H](NC(=O)OC(C)(C)C)C(=O)OC(C)(C)C)C(=O)OC(C)(C)C)C(=O)OC(C)(C)C. The second-order valence-corrected chi connectivity index (χ2v) is 29.9. The summed E-state index contributed by atoms with van der Waals surface area (Å²) in [6.45, 7) is 39.2. The Balaban J connectivity index is 6.72. The number of ether oxygens (including phenoxy) is 8. The predicted molar refractivity (Wildman–Crippen MR) is 312 cm³/mol. The predicted octanol–water partition coefficient (Wildman–Crippen LogP) is 6.65. The molecule has 0 unspecified atom stereocenters. The third-order valence-corrected chi connectivity index (χ3v) is 11.7. The number of hydrogen-bond donors (Lipinski definition) is 6. The third kappa shape index (κ3) is 39.4. The highest BCUT2D eigenvalue weighted by molar-refractivity contribution is 8.76. The van der Waals surface area contributed by atoms with Gasteiger partial charge in [-0.2, -0.15) is 0 Å². The molecular weight excluding hydrogens is 1110 g/mol. The van der Waals surface area contributed by atoms with E-state index in [9.17, 15) is 47.9 Å². The lowest BCUT2D eigenvalue weighted by atomic mass is 10.1. The van der Waals surface area contributed by atoms with Gasteiger partial charge in [-0.1, -0.05) is 21.6 Å². The lowest BCUT2D eigenvalue weighted by Crippen LogP contribution is -2.55. The Hall–Kier alpha value is -5.08. The summed E-state index contributed by atoms with van der Waals surface area (Å²) in [4.78, 5) is 135. The molecule has 0 saturated heterocycles. The number of alkyl carbamates (subject to hydrolysis) is 2. The minimum atomic E-state index is -1.39. The first kappa shape index (κ1) is 76.9. The maximum Gasteiger partial charge on any atom is 0.408 e. The van der Waals surface area contributed by atoms with Gasteiger partial charge >= 0.3 is 36.1 Å². The molecule has 0 fully saturated rings. The van der Waals surface area contributed by atoms with Gasteiger partial charge in [0.2, 0.25) is 23.6 Å². The van der Waals surface area contributed by atoms with Crippen molar-refractivity contribution in [2.75, 3.05) is 24.7 Å². The average Bonchev–Trinajstić information content (AvgIpc) is 3.22. The first-order chi connectivity index (χ1) is 36.7. The van der Waals surface area contributed by atoms with Crippen molar-refractivity contribution < 1.29 is 85.8 Å². The van der Waals surface area contributed by atoms with Crippen LogP contribution < -0.4 is 31.9 Å². The van der Waals surface area contributed by atoms with E-state index in [0.29, 0.717) is 0 Å². The van der Waals surface area contributed by atoms with E-state index in [-0.39, 0.29) is 50.4 Å². The Morgan fingerprint density at radius 3 is 0.780 bits per heavy atom. The van der Waals surface area contributed by atoms with Crippen LogP contribution in [0.1, 0.15) is 192 Å². The molecule has 6 amide bonds. The number of carbonyl (C=O) groups is 10. The second-order valence-electron chi connectivity index (χ2n) is 27.4. The molecule has 0 rings (SSSR count). The van der Waals surface area contributed by atoms with Crippen molar-refractivity contribution in [3.8, 4) is 0 Å². The van der Waals surface area contributed by atoms with Crippen molar-refractivity contribution in [3.05, 3.63) is 0 Å². The van der Waals surface area contributed by atoms with E-state index in [1.54, 1.807) is 166 Å². The van der Waals surface area contributed by atoms with Crippen LogP contribution in [0, 0.1) is 0 Å². The molecule has 474 valence electrons. The second kappa shape index (κ2) is 32.3. The van der Waals surface area contributed by atoms with Crippen LogP contribution in [-0.4, -0.2) is 165 Å². The molecule has 6 N–H and O–H groups in total. The minimum Gasteiger partial charge on any atom is -0.458 e. The fraction of sp³-hybridized carbons (Fsp3) is 0.821. The summed E-state index contributed by atoms with van der Waals surface area (Å²) in [5.41, 5.74) is -7.27. The van der Waals surface area contributed by atoms with Crippen molar-refractivity contribution in [2.45, 2.75) is 273 Å². The van der Waals surface area contributed by atoms with Crippen LogP contribution in [0.5, 0.6) is 0 Å². The van der Waals surface area contributed by atoms with Crippen LogP contribution in [0.25, 0.3) is 0 Å². The van der Waals surface area contributed by atoms with Crippen molar-refractivity contribution in [1.82, 2.24) is 31.9 Å². The van der Waals surface area contributed by atoms with Crippen molar-refractivity contribution in [2.24, 2.45) is 0 Å². The van der Waals surface area contributed by atoms with Crippen LogP contribution >= 0.6 is 21.6 Å². The van der Waals surface area contributed by atoms with Gasteiger partial charge in [-0.15, -0.1) is 0 Å². The van der Waals surface area contributed by atoms with Gasteiger partial charge < -0.3 is 69.8 Å².